The second-order valence-corrected chi connectivity index (χ2v) is 5.05. The maximum absolute atomic E-state index is 11.3. The fourth-order valence-corrected chi connectivity index (χ4v) is 1.31. The molecule has 1 fully saturated rings. The Morgan fingerprint density at radius 2 is 1.71 bits per heavy atom. The lowest BCUT2D eigenvalue weighted by atomic mass is 10.2. The van der Waals surface area contributed by atoms with Crippen molar-refractivity contribution in [2.45, 2.75) is 26.7 Å². The number of carbonyl (C=O) groups excluding carboxylic acids is 2. The zero-order valence-electron chi connectivity index (χ0n) is 10.7. The van der Waals surface area contributed by atoms with E-state index in [0.717, 1.165) is 6.54 Å². The van der Waals surface area contributed by atoms with Crippen molar-refractivity contribution >= 4 is 11.8 Å². The average molecular weight is 241 g/mol. The van der Waals surface area contributed by atoms with Gasteiger partial charge in [-0.15, -0.1) is 0 Å². The van der Waals surface area contributed by atoms with Crippen molar-refractivity contribution in [3.63, 3.8) is 0 Å². The molecule has 5 heteroatoms. The molecule has 0 unspecified atom stereocenters. The number of nitrogens with one attached hydrogen (secondary N) is 3. The first-order valence-electron chi connectivity index (χ1n) is 6.32. The van der Waals surface area contributed by atoms with Crippen molar-refractivity contribution in [2.24, 2.45) is 11.8 Å². The van der Waals surface area contributed by atoms with Crippen molar-refractivity contribution in [3.8, 4) is 0 Å². The van der Waals surface area contributed by atoms with Gasteiger partial charge in [0.2, 0.25) is 11.8 Å². The van der Waals surface area contributed by atoms with E-state index in [-0.39, 0.29) is 24.9 Å². The predicted octanol–water partition coefficient (Wildman–Crippen LogP) is -0.126. The van der Waals surface area contributed by atoms with E-state index < -0.39 is 0 Å². The van der Waals surface area contributed by atoms with Gasteiger partial charge in [0.05, 0.1) is 13.1 Å². The molecule has 2 amide bonds. The standard InChI is InChI=1S/C12H23N3O2/c1-9(2)5-14-11(16)7-13-8-12(17)15-6-10-3-4-10/h9-10,13H,3-8H2,1-2H3,(H,14,16)(H,15,17). The summed E-state index contributed by atoms with van der Waals surface area (Å²) < 4.78 is 0. The van der Waals surface area contributed by atoms with Crippen LogP contribution >= 0.6 is 0 Å². The highest BCUT2D eigenvalue weighted by Crippen LogP contribution is 2.27. The van der Waals surface area contributed by atoms with Gasteiger partial charge in [-0.05, 0) is 24.7 Å². The molecule has 17 heavy (non-hydrogen) atoms. The first-order valence-corrected chi connectivity index (χ1v) is 6.32. The third-order valence-electron chi connectivity index (χ3n) is 2.56. The van der Waals surface area contributed by atoms with Crippen LogP contribution in [-0.2, 0) is 9.59 Å². The van der Waals surface area contributed by atoms with Crippen LogP contribution < -0.4 is 16.0 Å². The largest absolute Gasteiger partial charge is 0.355 e. The molecule has 0 heterocycles. The van der Waals surface area contributed by atoms with Crippen LogP contribution in [0.3, 0.4) is 0 Å². The number of amides is 2. The molecule has 0 aromatic rings. The lowest BCUT2D eigenvalue weighted by Gasteiger charge is -2.08. The molecule has 1 aliphatic rings. The maximum Gasteiger partial charge on any atom is 0.233 e. The molecule has 0 saturated heterocycles. The van der Waals surface area contributed by atoms with Gasteiger partial charge < -0.3 is 10.6 Å². The first-order chi connectivity index (χ1) is 8.08. The minimum atomic E-state index is -0.0614. The summed E-state index contributed by atoms with van der Waals surface area (Å²) in [5.74, 6) is 1.04. The maximum atomic E-state index is 11.3. The molecular formula is C12H23N3O2. The third kappa shape index (κ3) is 7.74. The summed E-state index contributed by atoms with van der Waals surface area (Å²) in [6.45, 7) is 5.94. The molecule has 5 nitrogen and oxygen atoms in total. The zero-order chi connectivity index (χ0) is 12.7. The summed E-state index contributed by atoms with van der Waals surface area (Å²) in [5.41, 5.74) is 0. The molecule has 0 radical (unpaired) electrons. The molecule has 0 aliphatic heterocycles. The Kier molecular flexibility index (Phi) is 5.97. The van der Waals surface area contributed by atoms with E-state index in [1.807, 2.05) is 13.8 Å². The Hall–Kier alpha value is -1.10. The van der Waals surface area contributed by atoms with E-state index in [1.54, 1.807) is 0 Å². The minimum Gasteiger partial charge on any atom is -0.355 e. The van der Waals surface area contributed by atoms with Gasteiger partial charge in [0.1, 0.15) is 0 Å². The molecule has 0 spiro atoms. The minimum absolute atomic E-state index is 0.0337. The molecule has 1 aliphatic carbocycles. The van der Waals surface area contributed by atoms with Gasteiger partial charge in [-0.25, -0.2) is 0 Å². The molecule has 0 aromatic carbocycles. The Morgan fingerprint density at radius 3 is 2.24 bits per heavy atom. The number of hydrogen-bond donors (Lipinski definition) is 3. The van der Waals surface area contributed by atoms with Gasteiger partial charge in [-0.3, -0.25) is 14.9 Å². The Labute approximate surface area is 103 Å². The summed E-state index contributed by atoms with van der Waals surface area (Å²) in [5, 5.41) is 8.45. The van der Waals surface area contributed by atoms with Crippen molar-refractivity contribution < 1.29 is 9.59 Å². The highest BCUT2D eigenvalue weighted by molar-refractivity contribution is 5.81. The topological polar surface area (TPSA) is 70.2 Å². The molecule has 0 bridgehead atoms. The molecule has 1 rings (SSSR count). The number of hydrogen-bond acceptors (Lipinski definition) is 3. The van der Waals surface area contributed by atoms with Crippen molar-refractivity contribution in [3.05, 3.63) is 0 Å². The van der Waals surface area contributed by atoms with Crippen molar-refractivity contribution in [1.29, 1.82) is 0 Å². The molecule has 0 atom stereocenters. The second-order valence-electron chi connectivity index (χ2n) is 5.05. The van der Waals surface area contributed by atoms with E-state index in [0.29, 0.717) is 18.4 Å². The first kappa shape index (κ1) is 14.0. The summed E-state index contributed by atoms with van der Waals surface area (Å²) >= 11 is 0. The Balaban J connectivity index is 1.94. The van der Waals surface area contributed by atoms with Crippen LogP contribution in [0.5, 0.6) is 0 Å². The van der Waals surface area contributed by atoms with Crippen LogP contribution in [0.15, 0.2) is 0 Å². The number of carbonyl (C=O) groups is 2. The highest BCUT2D eigenvalue weighted by Gasteiger charge is 2.21. The van der Waals surface area contributed by atoms with Crippen molar-refractivity contribution in [2.75, 3.05) is 26.2 Å². The fraction of sp³-hybridized carbons (Fsp3) is 0.833. The molecule has 0 aromatic heterocycles. The summed E-state index contributed by atoms with van der Waals surface area (Å²) in [6.07, 6.45) is 2.45. The van der Waals surface area contributed by atoms with Crippen LogP contribution in [0.4, 0.5) is 0 Å². The van der Waals surface area contributed by atoms with Gasteiger partial charge >= 0.3 is 0 Å². The van der Waals surface area contributed by atoms with E-state index in [1.165, 1.54) is 12.8 Å². The lowest BCUT2D eigenvalue weighted by molar-refractivity contribution is -0.121. The van der Waals surface area contributed by atoms with Gasteiger partial charge in [0, 0.05) is 13.1 Å². The van der Waals surface area contributed by atoms with E-state index >= 15 is 0 Å². The highest BCUT2D eigenvalue weighted by atomic mass is 16.2. The summed E-state index contributed by atoms with van der Waals surface area (Å²) in [7, 11) is 0. The SMILES string of the molecule is CC(C)CNC(=O)CNCC(=O)NCC1CC1. The lowest BCUT2D eigenvalue weighted by Crippen LogP contribution is -2.40. The molecular weight excluding hydrogens is 218 g/mol. The van der Waals surface area contributed by atoms with Crippen LogP contribution in [0, 0.1) is 11.8 Å². The fourth-order valence-electron chi connectivity index (χ4n) is 1.31. The summed E-state index contributed by atoms with van der Waals surface area (Å²) in [6, 6.07) is 0. The Bertz CT molecular complexity index is 244. The third-order valence-corrected chi connectivity index (χ3v) is 2.56. The quantitative estimate of drug-likeness (QED) is 0.554. The normalized spacial score (nSPS) is 14.8. The van der Waals surface area contributed by atoms with Gasteiger partial charge in [-0.2, -0.15) is 0 Å². The predicted molar refractivity (Wildman–Crippen MR) is 66.5 cm³/mol. The van der Waals surface area contributed by atoms with Gasteiger partial charge in [0.25, 0.3) is 0 Å². The number of rotatable bonds is 8. The second kappa shape index (κ2) is 7.27. The van der Waals surface area contributed by atoms with E-state index in [9.17, 15) is 9.59 Å². The molecule has 1 saturated carbocycles. The Morgan fingerprint density at radius 1 is 1.12 bits per heavy atom. The van der Waals surface area contributed by atoms with Gasteiger partial charge in [0.15, 0.2) is 0 Å². The van der Waals surface area contributed by atoms with Crippen LogP contribution in [-0.4, -0.2) is 38.0 Å². The summed E-state index contributed by atoms with van der Waals surface area (Å²) in [4.78, 5) is 22.6. The van der Waals surface area contributed by atoms with Crippen molar-refractivity contribution in [1.82, 2.24) is 16.0 Å². The van der Waals surface area contributed by atoms with Gasteiger partial charge in [-0.1, -0.05) is 13.8 Å². The monoisotopic (exact) mass is 241 g/mol. The van der Waals surface area contributed by atoms with Crippen LogP contribution in [0.25, 0.3) is 0 Å². The molecule has 3 N–H and O–H groups in total. The molecule has 98 valence electrons. The zero-order valence-corrected chi connectivity index (χ0v) is 10.7. The van der Waals surface area contributed by atoms with Crippen LogP contribution in [0.2, 0.25) is 0 Å². The smallest absolute Gasteiger partial charge is 0.233 e. The van der Waals surface area contributed by atoms with Crippen LogP contribution in [0.1, 0.15) is 26.7 Å². The average Bonchev–Trinajstić information content (AvgIpc) is 3.07. The van der Waals surface area contributed by atoms with E-state index in [4.69, 9.17) is 0 Å². The van der Waals surface area contributed by atoms with E-state index in [2.05, 4.69) is 16.0 Å².